The van der Waals surface area contributed by atoms with E-state index in [-0.39, 0.29) is 17.8 Å². The molecule has 2 aromatic rings. The molecule has 3 rings (SSSR count). The average molecular weight is 381 g/mol. The highest BCUT2D eigenvalue weighted by Crippen LogP contribution is 2.22. The van der Waals surface area contributed by atoms with Crippen LogP contribution in [0.15, 0.2) is 48.5 Å². The maximum atomic E-state index is 12.7. The van der Waals surface area contributed by atoms with Gasteiger partial charge in [0, 0.05) is 24.7 Å². The van der Waals surface area contributed by atoms with E-state index < -0.39 is 5.91 Å². The van der Waals surface area contributed by atoms with Gasteiger partial charge in [-0.1, -0.05) is 24.3 Å². The van der Waals surface area contributed by atoms with Crippen molar-refractivity contribution in [1.29, 1.82) is 0 Å². The maximum Gasteiger partial charge on any atom is 0.317 e. The molecule has 28 heavy (non-hydrogen) atoms. The van der Waals surface area contributed by atoms with Gasteiger partial charge in [0.1, 0.15) is 5.75 Å². The number of nitrogens with zero attached hydrogens (tertiary/aromatic N) is 1. The zero-order valence-corrected chi connectivity index (χ0v) is 15.9. The number of primary amides is 1. The van der Waals surface area contributed by atoms with Crippen LogP contribution >= 0.6 is 0 Å². The highest BCUT2D eigenvalue weighted by molar-refractivity contribution is 5.92. The number of aryl methyl sites for hydroxylation is 1. The molecule has 1 atom stereocenters. The molecule has 2 aromatic carbocycles. The summed E-state index contributed by atoms with van der Waals surface area (Å²) in [5.41, 5.74) is 7.71. The summed E-state index contributed by atoms with van der Waals surface area (Å²) in [6.45, 7) is 1.17. The summed E-state index contributed by atoms with van der Waals surface area (Å²) in [6.07, 6.45) is 4.85. The molecule has 0 bridgehead atoms. The molecule has 0 unspecified atom stereocenters. The summed E-state index contributed by atoms with van der Waals surface area (Å²) in [5, 5.41) is 12.6. The lowest BCUT2D eigenvalue weighted by Crippen LogP contribution is -2.48. The van der Waals surface area contributed by atoms with E-state index >= 15 is 0 Å². The second kappa shape index (κ2) is 9.26. The minimum atomic E-state index is -0.460. The molecule has 0 spiro atoms. The van der Waals surface area contributed by atoms with Crippen LogP contribution in [0.3, 0.4) is 0 Å². The number of aromatic hydroxyl groups is 1. The van der Waals surface area contributed by atoms with Crippen LogP contribution in [0.1, 0.15) is 47.2 Å². The molecule has 0 saturated carbocycles. The molecule has 0 aliphatic carbocycles. The SMILES string of the molecule is NC(=O)c1ccc(CNC(=O)N2CCCC[C@@H]2CCc2cccc(O)c2)cc1. The second-order valence-corrected chi connectivity index (χ2v) is 7.27. The van der Waals surface area contributed by atoms with Gasteiger partial charge in [0.2, 0.25) is 5.91 Å². The highest BCUT2D eigenvalue weighted by atomic mass is 16.3. The molecule has 0 aromatic heterocycles. The Hall–Kier alpha value is -3.02. The number of carbonyl (C=O) groups excluding carboxylic acids is 2. The minimum absolute atomic E-state index is 0.0559. The molecule has 6 nitrogen and oxygen atoms in total. The Bertz CT molecular complexity index is 820. The Kier molecular flexibility index (Phi) is 6.53. The van der Waals surface area contributed by atoms with Crippen molar-refractivity contribution < 1.29 is 14.7 Å². The number of urea groups is 1. The summed E-state index contributed by atoms with van der Waals surface area (Å²) >= 11 is 0. The second-order valence-electron chi connectivity index (χ2n) is 7.27. The van der Waals surface area contributed by atoms with Crippen molar-refractivity contribution in [3.05, 3.63) is 65.2 Å². The lowest BCUT2D eigenvalue weighted by Gasteiger charge is -2.36. The molecule has 4 N–H and O–H groups in total. The van der Waals surface area contributed by atoms with Crippen molar-refractivity contribution in [2.45, 2.75) is 44.7 Å². The van der Waals surface area contributed by atoms with Crippen molar-refractivity contribution in [1.82, 2.24) is 10.2 Å². The summed E-state index contributed by atoms with van der Waals surface area (Å²) in [6, 6.07) is 14.4. The molecular weight excluding hydrogens is 354 g/mol. The number of phenols is 1. The summed E-state index contributed by atoms with van der Waals surface area (Å²) < 4.78 is 0. The first kappa shape index (κ1) is 19.7. The maximum absolute atomic E-state index is 12.7. The first-order chi connectivity index (χ1) is 13.5. The van der Waals surface area contributed by atoms with Gasteiger partial charge in [-0.3, -0.25) is 4.79 Å². The van der Waals surface area contributed by atoms with Gasteiger partial charge in [0.15, 0.2) is 0 Å². The van der Waals surface area contributed by atoms with Crippen LogP contribution in [0.2, 0.25) is 0 Å². The number of phenolic OH excluding ortho intramolecular Hbond substituents is 1. The van der Waals surface area contributed by atoms with Crippen LogP contribution < -0.4 is 11.1 Å². The Morgan fingerprint density at radius 1 is 1.11 bits per heavy atom. The monoisotopic (exact) mass is 381 g/mol. The zero-order valence-electron chi connectivity index (χ0n) is 15.9. The molecule has 3 amide bonds. The van der Waals surface area contributed by atoms with E-state index in [9.17, 15) is 14.7 Å². The first-order valence-electron chi connectivity index (χ1n) is 9.74. The van der Waals surface area contributed by atoms with Gasteiger partial charge in [0.05, 0.1) is 0 Å². The fraction of sp³-hybridized carbons (Fsp3) is 0.364. The zero-order chi connectivity index (χ0) is 19.9. The van der Waals surface area contributed by atoms with Crippen molar-refractivity contribution >= 4 is 11.9 Å². The predicted octanol–water partition coefficient (Wildman–Crippen LogP) is 3.19. The van der Waals surface area contributed by atoms with E-state index in [0.717, 1.165) is 49.8 Å². The number of hydrogen-bond donors (Lipinski definition) is 3. The number of carbonyl (C=O) groups is 2. The third-order valence-electron chi connectivity index (χ3n) is 5.25. The standard InChI is InChI=1S/C22H27N3O3/c23-21(27)18-10-7-17(8-11-18)15-24-22(28)25-13-2-1-5-19(25)12-9-16-4-3-6-20(26)14-16/h3-4,6-8,10-11,14,19,26H,1-2,5,9,12-13,15H2,(H2,23,27)(H,24,28)/t19-/m1/s1. The number of likely N-dealkylation sites (tertiary alicyclic amines) is 1. The van der Waals surface area contributed by atoms with Gasteiger partial charge in [-0.25, -0.2) is 4.79 Å². The van der Waals surface area contributed by atoms with Crippen molar-refractivity contribution in [3.8, 4) is 5.75 Å². The minimum Gasteiger partial charge on any atom is -0.508 e. The Balaban J connectivity index is 1.55. The highest BCUT2D eigenvalue weighted by Gasteiger charge is 2.26. The number of hydrogen-bond acceptors (Lipinski definition) is 3. The third-order valence-corrected chi connectivity index (χ3v) is 5.25. The van der Waals surface area contributed by atoms with Crippen LogP contribution in [-0.4, -0.2) is 34.5 Å². The molecule has 6 heteroatoms. The number of nitrogens with one attached hydrogen (secondary N) is 1. The van der Waals surface area contributed by atoms with E-state index in [1.807, 2.05) is 17.0 Å². The molecule has 1 aliphatic rings. The molecule has 1 aliphatic heterocycles. The number of rotatable bonds is 6. The number of benzene rings is 2. The smallest absolute Gasteiger partial charge is 0.317 e. The fourth-order valence-corrected chi connectivity index (χ4v) is 3.68. The summed E-state index contributed by atoms with van der Waals surface area (Å²) in [7, 11) is 0. The van der Waals surface area contributed by atoms with Crippen LogP contribution in [0.5, 0.6) is 5.75 Å². The lowest BCUT2D eigenvalue weighted by atomic mass is 9.96. The largest absolute Gasteiger partial charge is 0.508 e. The Morgan fingerprint density at radius 2 is 1.89 bits per heavy atom. The fourth-order valence-electron chi connectivity index (χ4n) is 3.68. The van der Waals surface area contributed by atoms with E-state index in [2.05, 4.69) is 5.32 Å². The normalized spacial score (nSPS) is 16.6. The van der Waals surface area contributed by atoms with Gasteiger partial charge in [-0.15, -0.1) is 0 Å². The van der Waals surface area contributed by atoms with Gasteiger partial charge in [-0.2, -0.15) is 0 Å². The van der Waals surface area contributed by atoms with Crippen molar-refractivity contribution in [2.75, 3.05) is 6.54 Å². The Labute approximate surface area is 165 Å². The lowest BCUT2D eigenvalue weighted by molar-refractivity contribution is 0.1000. The molecular formula is C22H27N3O3. The topological polar surface area (TPSA) is 95.7 Å². The molecule has 1 saturated heterocycles. The molecule has 0 radical (unpaired) electrons. The van der Waals surface area contributed by atoms with Crippen LogP contribution in [0.4, 0.5) is 4.79 Å². The summed E-state index contributed by atoms with van der Waals surface area (Å²) in [5.74, 6) is -0.184. The van der Waals surface area contributed by atoms with E-state index in [0.29, 0.717) is 12.1 Å². The predicted molar refractivity (Wildman–Crippen MR) is 108 cm³/mol. The first-order valence-corrected chi connectivity index (χ1v) is 9.74. The van der Waals surface area contributed by atoms with E-state index in [4.69, 9.17) is 5.73 Å². The van der Waals surface area contributed by atoms with Crippen LogP contribution in [0.25, 0.3) is 0 Å². The quantitative estimate of drug-likeness (QED) is 0.717. The van der Waals surface area contributed by atoms with Crippen LogP contribution in [0, 0.1) is 0 Å². The van der Waals surface area contributed by atoms with Crippen LogP contribution in [-0.2, 0) is 13.0 Å². The van der Waals surface area contributed by atoms with E-state index in [1.165, 1.54) is 0 Å². The number of amides is 3. The van der Waals surface area contributed by atoms with Gasteiger partial charge < -0.3 is 21.1 Å². The van der Waals surface area contributed by atoms with Crippen molar-refractivity contribution in [2.24, 2.45) is 5.73 Å². The number of nitrogens with two attached hydrogens (primary N) is 1. The average Bonchev–Trinajstić information content (AvgIpc) is 2.71. The molecule has 1 fully saturated rings. The molecule has 148 valence electrons. The van der Waals surface area contributed by atoms with Gasteiger partial charge in [-0.05, 0) is 67.5 Å². The Morgan fingerprint density at radius 3 is 2.61 bits per heavy atom. The third kappa shape index (κ3) is 5.25. The number of piperidine rings is 1. The van der Waals surface area contributed by atoms with E-state index in [1.54, 1.807) is 36.4 Å². The van der Waals surface area contributed by atoms with Crippen molar-refractivity contribution in [3.63, 3.8) is 0 Å². The van der Waals surface area contributed by atoms with Gasteiger partial charge in [0.25, 0.3) is 0 Å². The molecule has 1 heterocycles. The summed E-state index contributed by atoms with van der Waals surface area (Å²) in [4.78, 5) is 25.8. The van der Waals surface area contributed by atoms with Gasteiger partial charge >= 0.3 is 6.03 Å².